The van der Waals surface area contributed by atoms with E-state index in [9.17, 15) is 0 Å². The molecule has 0 N–H and O–H groups in total. The summed E-state index contributed by atoms with van der Waals surface area (Å²) >= 11 is 4.76. The number of methoxy groups -OCH3 is 4. The van der Waals surface area contributed by atoms with Crippen molar-refractivity contribution in [1.82, 2.24) is 0 Å². The Morgan fingerprint density at radius 3 is 1.33 bits per heavy atom. The summed E-state index contributed by atoms with van der Waals surface area (Å²) in [7, 11) is 6.70. The van der Waals surface area contributed by atoms with Gasteiger partial charge in [0.15, 0.2) is 10.1 Å². The first kappa shape index (κ1) is 16.3. The Morgan fingerprint density at radius 1 is 0.667 bits per heavy atom. The van der Waals surface area contributed by atoms with Gasteiger partial charge in [-0.2, -0.15) is 0 Å². The summed E-state index contributed by atoms with van der Waals surface area (Å²) in [6.45, 7) is 3.99. The highest BCUT2D eigenvalue weighted by Gasteiger charge is 2.22. The molecule has 0 aliphatic rings. The summed E-state index contributed by atoms with van der Waals surface area (Å²) in [4.78, 5) is 0. The quantitative estimate of drug-likeness (QED) is 0.763. The molecule has 0 aromatic carbocycles. The molecule has 0 atom stereocenters. The maximum Gasteiger partial charge on any atom is 0.181 e. The van der Waals surface area contributed by atoms with Gasteiger partial charge in [-0.05, 0) is 13.8 Å². The van der Waals surface area contributed by atoms with E-state index in [0.29, 0.717) is 0 Å². The van der Waals surface area contributed by atoms with Crippen LogP contribution in [0.4, 0.5) is 0 Å². The normalized spacial score (nSPS) is 10.6. The molecule has 0 bridgehead atoms. The smallest absolute Gasteiger partial charge is 0.181 e. The molecule has 0 fully saturated rings. The van der Waals surface area contributed by atoms with E-state index < -0.39 is 0 Å². The van der Waals surface area contributed by atoms with Gasteiger partial charge in [-0.3, -0.25) is 0 Å². The molecular weight excluding hydrogens is 328 g/mol. The zero-order valence-electron chi connectivity index (χ0n) is 12.9. The molecule has 0 aliphatic carbocycles. The monoisotopic (exact) mass is 346 g/mol. The first-order valence-electron chi connectivity index (χ1n) is 6.17. The molecule has 0 spiro atoms. The lowest BCUT2D eigenvalue weighted by Gasteiger charge is -2.04. The van der Waals surface area contributed by atoms with Crippen LogP contribution >= 0.6 is 34.4 Å². The Hall–Kier alpha value is -1.05. The van der Waals surface area contributed by atoms with E-state index in [-0.39, 0.29) is 0 Å². The molecule has 2 aromatic heterocycles. The van der Waals surface area contributed by atoms with Crippen molar-refractivity contribution < 1.29 is 18.9 Å². The van der Waals surface area contributed by atoms with E-state index in [1.54, 1.807) is 62.9 Å². The van der Waals surface area contributed by atoms with Crippen LogP contribution in [0.15, 0.2) is 8.42 Å². The third kappa shape index (κ3) is 2.95. The Kier molecular flexibility index (Phi) is 5.29. The van der Waals surface area contributed by atoms with Crippen LogP contribution in [-0.4, -0.2) is 28.4 Å². The Bertz CT molecular complexity index is 576. The fraction of sp³-hybridized carbons (Fsp3) is 0.429. The first-order chi connectivity index (χ1) is 10.1. The van der Waals surface area contributed by atoms with Gasteiger partial charge in [0.25, 0.3) is 0 Å². The number of hydrogen-bond acceptors (Lipinski definition) is 7. The second-order valence-electron chi connectivity index (χ2n) is 4.18. The van der Waals surface area contributed by atoms with Crippen LogP contribution in [0.25, 0.3) is 0 Å². The van der Waals surface area contributed by atoms with Gasteiger partial charge < -0.3 is 18.9 Å². The van der Waals surface area contributed by atoms with Gasteiger partial charge in [0.1, 0.15) is 19.9 Å². The van der Waals surface area contributed by atoms with E-state index in [2.05, 4.69) is 0 Å². The predicted octanol–water partition coefficient (Wildman–Crippen LogP) is 4.61. The second-order valence-corrected chi connectivity index (χ2v) is 7.68. The predicted molar refractivity (Wildman–Crippen MR) is 88.4 cm³/mol. The van der Waals surface area contributed by atoms with Gasteiger partial charge in [0.2, 0.25) is 0 Å². The summed E-state index contributed by atoms with van der Waals surface area (Å²) in [5.41, 5.74) is 2.04. The molecule has 2 rings (SSSR count). The highest BCUT2D eigenvalue weighted by Crippen LogP contribution is 2.54. The standard InChI is InChI=1S/C14H18O4S3/c1-7-9(15-3)13(19-11(7)17-5)21-14-10(16-4)8(2)12(18-6)20-14/h1-6H3. The molecule has 0 saturated carbocycles. The van der Waals surface area contributed by atoms with E-state index in [1.165, 1.54) is 0 Å². The minimum Gasteiger partial charge on any atom is -0.494 e. The third-order valence-corrected chi connectivity index (χ3v) is 6.80. The molecular formula is C14H18O4S3. The highest BCUT2D eigenvalue weighted by atomic mass is 32.2. The molecule has 2 aromatic rings. The van der Waals surface area contributed by atoms with Gasteiger partial charge in [-0.25, -0.2) is 0 Å². The molecule has 0 saturated heterocycles. The van der Waals surface area contributed by atoms with Crippen molar-refractivity contribution in [2.24, 2.45) is 0 Å². The Labute approximate surface area is 137 Å². The second kappa shape index (κ2) is 6.81. The van der Waals surface area contributed by atoms with Crippen molar-refractivity contribution in [1.29, 1.82) is 0 Å². The SMILES string of the molecule is COc1sc(Sc2sc(OC)c(C)c2OC)c(OC)c1C. The maximum atomic E-state index is 5.51. The van der Waals surface area contributed by atoms with Crippen LogP contribution in [0.5, 0.6) is 21.6 Å². The highest BCUT2D eigenvalue weighted by molar-refractivity contribution is 8.03. The third-order valence-electron chi connectivity index (χ3n) is 3.00. The molecule has 4 nitrogen and oxygen atoms in total. The fourth-order valence-corrected chi connectivity index (χ4v) is 5.91. The molecule has 0 aliphatic heterocycles. The van der Waals surface area contributed by atoms with Crippen molar-refractivity contribution in [2.45, 2.75) is 22.3 Å². The molecule has 0 amide bonds. The zero-order chi connectivity index (χ0) is 15.6. The number of thiophene rings is 2. The zero-order valence-corrected chi connectivity index (χ0v) is 15.3. The number of rotatable bonds is 6. The lowest BCUT2D eigenvalue weighted by Crippen LogP contribution is -1.87. The van der Waals surface area contributed by atoms with Gasteiger partial charge in [0, 0.05) is 11.1 Å². The van der Waals surface area contributed by atoms with E-state index >= 15 is 0 Å². The molecule has 0 radical (unpaired) electrons. The summed E-state index contributed by atoms with van der Waals surface area (Å²) in [6.07, 6.45) is 0. The van der Waals surface area contributed by atoms with E-state index in [1.807, 2.05) is 13.8 Å². The molecule has 0 unspecified atom stereocenters. The number of hydrogen-bond donors (Lipinski definition) is 0. The average molecular weight is 346 g/mol. The summed E-state index contributed by atoms with van der Waals surface area (Å²) in [6, 6.07) is 0. The van der Waals surface area contributed by atoms with Gasteiger partial charge in [-0.15, -0.1) is 0 Å². The summed E-state index contributed by atoms with van der Waals surface area (Å²) in [5, 5.41) is 1.74. The van der Waals surface area contributed by atoms with Crippen LogP contribution in [0.1, 0.15) is 11.1 Å². The van der Waals surface area contributed by atoms with Crippen molar-refractivity contribution in [2.75, 3.05) is 28.4 Å². The Balaban J connectivity index is 2.43. The van der Waals surface area contributed by atoms with Crippen LogP contribution in [0.2, 0.25) is 0 Å². The van der Waals surface area contributed by atoms with Crippen molar-refractivity contribution in [3.8, 4) is 21.6 Å². The van der Waals surface area contributed by atoms with Crippen molar-refractivity contribution in [3.63, 3.8) is 0 Å². The lowest BCUT2D eigenvalue weighted by molar-refractivity contribution is 0.393. The summed E-state index contributed by atoms with van der Waals surface area (Å²) in [5.74, 6) is 1.71. The van der Waals surface area contributed by atoms with Gasteiger partial charge in [-0.1, -0.05) is 34.4 Å². The average Bonchev–Trinajstić information content (AvgIpc) is 2.95. The molecule has 116 valence electrons. The van der Waals surface area contributed by atoms with Crippen LogP contribution in [0, 0.1) is 13.8 Å². The van der Waals surface area contributed by atoms with E-state index in [4.69, 9.17) is 18.9 Å². The molecule has 2 heterocycles. The summed E-state index contributed by atoms with van der Waals surface area (Å²) < 4.78 is 23.9. The fourth-order valence-electron chi connectivity index (χ4n) is 1.99. The lowest BCUT2D eigenvalue weighted by atomic mass is 10.3. The maximum absolute atomic E-state index is 5.51. The first-order valence-corrected chi connectivity index (χ1v) is 8.62. The largest absolute Gasteiger partial charge is 0.494 e. The van der Waals surface area contributed by atoms with Crippen LogP contribution in [0.3, 0.4) is 0 Å². The van der Waals surface area contributed by atoms with E-state index in [0.717, 1.165) is 41.2 Å². The minimum atomic E-state index is 0.855. The molecule has 7 heteroatoms. The van der Waals surface area contributed by atoms with Crippen LogP contribution < -0.4 is 18.9 Å². The minimum absolute atomic E-state index is 0.855. The molecule has 21 heavy (non-hydrogen) atoms. The van der Waals surface area contributed by atoms with Gasteiger partial charge >= 0.3 is 0 Å². The number of ether oxygens (including phenoxy) is 4. The Morgan fingerprint density at radius 2 is 1.05 bits per heavy atom. The van der Waals surface area contributed by atoms with Crippen molar-refractivity contribution in [3.05, 3.63) is 11.1 Å². The van der Waals surface area contributed by atoms with Crippen LogP contribution in [-0.2, 0) is 0 Å². The topological polar surface area (TPSA) is 36.9 Å². The van der Waals surface area contributed by atoms with Crippen molar-refractivity contribution >= 4 is 34.4 Å². The van der Waals surface area contributed by atoms with Gasteiger partial charge in [0.05, 0.1) is 28.4 Å².